The van der Waals surface area contributed by atoms with Crippen molar-refractivity contribution in [3.05, 3.63) is 71.8 Å². The molecule has 2 aromatic carbocycles. The number of carbonyl (C=O) groups is 1. The number of anilines is 3. The normalized spacial score (nSPS) is 13.9. The third-order valence-electron chi connectivity index (χ3n) is 5.25. The Kier molecular flexibility index (Phi) is 6.72. The van der Waals surface area contributed by atoms with Gasteiger partial charge >= 0.3 is 0 Å². The van der Waals surface area contributed by atoms with E-state index in [4.69, 9.17) is 0 Å². The molecule has 1 aliphatic heterocycles. The molecule has 4 rings (SSSR count). The Hall–Kier alpha value is -3.06. The molecule has 1 N–H and O–H groups in total. The molecule has 2 heterocycles. The summed E-state index contributed by atoms with van der Waals surface area (Å²) in [7, 11) is 0. The van der Waals surface area contributed by atoms with Gasteiger partial charge < -0.3 is 15.1 Å². The van der Waals surface area contributed by atoms with Crippen LogP contribution in [-0.4, -0.2) is 48.0 Å². The van der Waals surface area contributed by atoms with Gasteiger partial charge in [-0.25, -0.2) is 0 Å². The first-order valence-electron chi connectivity index (χ1n) is 10.5. The van der Waals surface area contributed by atoms with Crippen LogP contribution in [0.2, 0.25) is 0 Å². The van der Waals surface area contributed by atoms with E-state index in [9.17, 15) is 4.79 Å². The fraction of sp³-hybridized carbons (Fsp3) is 0.292. The van der Waals surface area contributed by atoms with Gasteiger partial charge in [0.15, 0.2) is 5.82 Å². The zero-order chi connectivity index (χ0) is 21.6. The highest BCUT2D eigenvalue weighted by molar-refractivity contribution is 7.99. The lowest BCUT2D eigenvalue weighted by molar-refractivity contribution is -0.113. The summed E-state index contributed by atoms with van der Waals surface area (Å²) in [5.41, 5.74) is 4.50. The molecular formula is C24H27N5OS. The van der Waals surface area contributed by atoms with Crippen LogP contribution in [0.1, 0.15) is 11.1 Å². The van der Waals surface area contributed by atoms with E-state index < -0.39 is 0 Å². The zero-order valence-electron chi connectivity index (χ0n) is 17.9. The van der Waals surface area contributed by atoms with Crippen LogP contribution >= 0.6 is 11.8 Å². The number of rotatable bonds is 6. The Labute approximate surface area is 187 Å². The molecule has 1 aliphatic rings. The first-order chi connectivity index (χ1) is 15.1. The highest BCUT2D eigenvalue weighted by atomic mass is 32.2. The van der Waals surface area contributed by atoms with Gasteiger partial charge in [0.1, 0.15) is 5.03 Å². The second-order valence-electron chi connectivity index (χ2n) is 7.75. The summed E-state index contributed by atoms with van der Waals surface area (Å²) >= 11 is 1.39. The molecule has 3 aromatic rings. The average molecular weight is 434 g/mol. The van der Waals surface area contributed by atoms with Crippen molar-refractivity contribution in [2.75, 3.05) is 47.0 Å². The maximum atomic E-state index is 12.2. The number of carbonyl (C=O) groups excluding carboxylic acids is 1. The molecule has 1 fully saturated rings. The van der Waals surface area contributed by atoms with Crippen LogP contribution in [0, 0.1) is 13.8 Å². The number of aryl methyl sites for hydroxylation is 2. The van der Waals surface area contributed by atoms with Crippen LogP contribution in [0.5, 0.6) is 0 Å². The second kappa shape index (κ2) is 9.83. The molecule has 160 valence electrons. The predicted octanol–water partition coefficient (Wildman–Crippen LogP) is 4.15. The topological polar surface area (TPSA) is 61.4 Å². The molecule has 31 heavy (non-hydrogen) atoms. The van der Waals surface area contributed by atoms with E-state index in [2.05, 4.69) is 56.5 Å². The van der Waals surface area contributed by atoms with Gasteiger partial charge in [0.25, 0.3) is 0 Å². The fourth-order valence-corrected chi connectivity index (χ4v) is 4.25. The molecule has 0 radical (unpaired) electrons. The van der Waals surface area contributed by atoms with E-state index in [1.54, 1.807) is 0 Å². The van der Waals surface area contributed by atoms with E-state index >= 15 is 0 Å². The lowest BCUT2D eigenvalue weighted by atomic mass is 10.2. The molecule has 0 saturated carbocycles. The number of thioether (sulfide) groups is 1. The minimum Gasteiger partial charge on any atom is -0.368 e. The molecule has 0 spiro atoms. The summed E-state index contributed by atoms with van der Waals surface area (Å²) in [6.07, 6.45) is 0. The number of nitrogens with zero attached hydrogens (tertiary/aromatic N) is 4. The number of piperazine rings is 1. The minimum absolute atomic E-state index is 0.0475. The summed E-state index contributed by atoms with van der Waals surface area (Å²) in [6.45, 7) is 7.87. The van der Waals surface area contributed by atoms with Crippen molar-refractivity contribution < 1.29 is 4.79 Å². The van der Waals surface area contributed by atoms with Gasteiger partial charge in [-0.3, -0.25) is 4.79 Å². The Morgan fingerprint density at radius 3 is 2.29 bits per heavy atom. The summed E-state index contributed by atoms with van der Waals surface area (Å²) < 4.78 is 0. The van der Waals surface area contributed by atoms with Crippen molar-refractivity contribution in [3.63, 3.8) is 0 Å². The molecule has 1 saturated heterocycles. The number of benzene rings is 2. The third-order valence-corrected chi connectivity index (χ3v) is 6.17. The van der Waals surface area contributed by atoms with Crippen molar-refractivity contribution in [1.29, 1.82) is 0 Å². The maximum absolute atomic E-state index is 12.2. The second-order valence-corrected chi connectivity index (χ2v) is 8.74. The lowest BCUT2D eigenvalue weighted by Gasteiger charge is -2.36. The summed E-state index contributed by atoms with van der Waals surface area (Å²) in [5, 5.41) is 12.4. The van der Waals surface area contributed by atoms with E-state index in [0.29, 0.717) is 5.75 Å². The van der Waals surface area contributed by atoms with Crippen LogP contribution in [-0.2, 0) is 4.79 Å². The average Bonchev–Trinajstić information content (AvgIpc) is 2.78. The highest BCUT2D eigenvalue weighted by Crippen LogP contribution is 2.22. The van der Waals surface area contributed by atoms with Gasteiger partial charge in [-0.1, -0.05) is 36.0 Å². The Bertz CT molecular complexity index is 1030. The van der Waals surface area contributed by atoms with Crippen molar-refractivity contribution in [2.24, 2.45) is 0 Å². The van der Waals surface area contributed by atoms with Gasteiger partial charge in [0, 0.05) is 37.6 Å². The standard InChI is InChI=1S/C24H27N5OS/c1-18-5-3-7-20(15-18)25-23(30)17-31-24-10-9-22(26-27-24)29-13-11-28(12-14-29)21-8-4-6-19(2)16-21/h3-10,15-16H,11-14,17H2,1-2H3,(H,25,30). The van der Waals surface area contributed by atoms with Gasteiger partial charge in [-0.2, -0.15) is 0 Å². The number of aromatic nitrogens is 2. The molecule has 0 bridgehead atoms. The molecule has 0 atom stereocenters. The molecular weight excluding hydrogens is 406 g/mol. The molecule has 0 aliphatic carbocycles. The van der Waals surface area contributed by atoms with E-state index in [0.717, 1.165) is 48.3 Å². The van der Waals surface area contributed by atoms with Crippen molar-refractivity contribution in [3.8, 4) is 0 Å². The van der Waals surface area contributed by atoms with Crippen LogP contribution in [0.25, 0.3) is 0 Å². The van der Waals surface area contributed by atoms with Gasteiger partial charge in [0.05, 0.1) is 5.75 Å². The molecule has 1 amide bonds. The quantitative estimate of drug-likeness (QED) is 0.589. The van der Waals surface area contributed by atoms with Crippen LogP contribution in [0.4, 0.5) is 17.2 Å². The number of nitrogens with one attached hydrogen (secondary N) is 1. The maximum Gasteiger partial charge on any atom is 0.234 e. The van der Waals surface area contributed by atoms with E-state index in [-0.39, 0.29) is 5.91 Å². The fourth-order valence-electron chi connectivity index (χ4n) is 3.64. The molecule has 7 heteroatoms. The summed E-state index contributed by atoms with van der Waals surface area (Å²) in [4.78, 5) is 16.9. The zero-order valence-corrected chi connectivity index (χ0v) is 18.7. The van der Waals surface area contributed by atoms with Gasteiger partial charge in [-0.05, 0) is 61.4 Å². The van der Waals surface area contributed by atoms with E-state index in [1.165, 1.54) is 23.0 Å². The van der Waals surface area contributed by atoms with Crippen LogP contribution in [0.15, 0.2) is 65.7 Å². The number of hydrogen-bond acceptors (Lipinski definition) is 6. The minimum atomic E-state index is -0.0475. The van der Waals surface area contributed by atoms with E-state index in [1.807, 2.05) is 43.3 Å². The van der Waals surface area contributed by atoms with Gasteiger partial charge in [-0.15, -0.1) is 10.2 Å². The first kappa shape index (κ1) is 21.2. The highest BCUT2D eigenvalue weighted by Gasteiger charge is 2.19. The summed E-state index contributed by atoms with van der Waals surface area (Å²) in [5.74, 6) is 1.14. The monoisotopic (exact) mass is 433 g/mol. The lowest BCUT2D eigenvalue weighted by Crippen LogP contribution is -2.46. The predicted molar refractivity (Wildman–Crippen MR) is 128 cm³/mol. The third kappa shape index (κ3) is 5.76. The Morgan fingerprint density at radius 2 is 1.61 bits per heavy atom. The SMILES string of the molecule is Cc1cccc(NC(=O)CSc2ccc(N3CCN(c4cccc(C)c4)CC3)nn2)c1. The molecule has 0 unspecified atom stereocenters. The molecule has 1 aromatic heterocycles. The molecule has 6 nitrogen and oxygen atoms in total. The Morgan fingerprint density at radius 1 is 0.903 bits per heavy atom. The number of hydrogen-bond donors (Lipinski definition) is 1. The van der Waals surface area contributed by atoms with Gasteiger partial charge in [0.2, 0.25) is 5.91 Å². The van der Waals surface area contributed by atoms with Crippen molar-refractivity contribution in [2.45, 2.75) is 18.9 Å². The Balaban J connectivity index is 1.26. The summed E-state index contributed by atoms with van der Waals surface area (Å²) in [6, 6.07) is 20.4. The largest absolute Gasteiger partial charge is 0.368 e. The van der Waals surface area contributed by atoms with Crippen LogP contribution < -0.4 is 15.1 Å². The number of amides is 1. The van der Waals surface area contributed by atoms with Crippen molar-refractivity contribution >= 4 is 34.9 Å². The smallest absolute Gasteiger partial charge is 0.234 e. The van der Waals surface area contributed by atoms with Crippen LogP contribution in [0.3, 0.4) is 0 Å². The van der Waals surface area contributed by atoms with Crippen molar-refractivity contribution in [1.82, 2.24) is 10.2 Å². The first-order valence-corrected chi connectivity index (χ1v) is 11.4.